The molecule has 0 aliphatic heterocycles. The second-order valence-electron chi connectivity index (χ2n) is 19.3. The summed E-state index contributed by atoms with van der Waals surface area (Å²) in [5.74, 6) is 5.10. The van der Waals surface area contributed by atoms with Crippen LogP contribution in [0.5, 0.6) is 23.0 Å². The first kappa shape index (κ1) is 56.0. The SMILES string of the molecule is C=C(C)C(=C)OCCOc1ccc(N(c2ccc(OCCOC(=C)C(=C)C)cc2)c2ccc3c(c2)C(C)(C)c2cc(N(c4ccc(OCCOC(=C)C(=C)C)cc4)c4ccc(OCCOC(=C)C(=C)C)cc4)ccc2-3)cc1. The van der Waals surface area contributed by atoms with Crippen LogP contribution in [0.25, 0.3) is 11.1 Å². The first-order valence-corrected chi connectivity index (χ1v) is 25.6. The van der Waals surface area contributed by atoms with Crippen molar-refractivity contribution in [2.75, 3.05) is 62.7 Å². The fourth-order valence-corrected chi connectivity index (χ4v) is 8.44. The highest BCUT2D eigenvalue weighted by molar-refractivity contribution is 5.88. The highest BCUT2D eigenvalue weighted by atomic mass is 16.5. The number of benzene rings is 6. The largest absolute Gasteiger partial charge is 0.490 e. The first-order chi connectivity index (χ1) is 36.9. The average Bonchev–Trinajstić information content (AvgIpc) is 3.76. The number of fused-ring (bicyclic) bond motifs is 3. The Morgan fingerprint density at radius 2 is 0.545 bits per heavy atom. The Morgan fingerprint density at radius 3 is 0.766 bits per heavy atom. The van der Waals surface area contributed by atoms with E-state index in [0.717, 1.165) is 79.4 Å². The monoisotopic (exact) mass is 1030 g/mol. The zero-order valence-electron chi connectivity index (χ0n) is 45.7. The summed E-state index contributed by atoms with van der Waals surface area (Å²) in [6.07, 6.45) is 0. The number of hydrogen-bond donors (Lipinski definition) is 0. The topological polar surface area (TPSA) is 80.3 Å². The van der Waals surface area contributed by atoms with Crippen molar-refractivity contribution >= 4 is 34.1 Å². The molecule has 0 heterocycles. The van der Waals surface area contributed by atoms with Crippen molar-refractivity contribution in [1.29, 1.82) is 0 Å². The van der Waals surface area contributed by atoms with Crippen LogP contribution in [-0.2, 0) is 24.4 Å². The van der Waals surface area contributed by atoms with Crippen LogP contribution in [0.1, 0.15) is 52.7 Å². The highest BCUT2D eigenvalue weighted by Gasteiger charge is 2.37. The summed E-state index contributed by atoms with van der Waals surface area (Å²) >= 11 is 0. The average molecular weight is 1030 g/mol. The van der Waals surface area contributed by atoms with Gasteiger partial charge in [0.25, 0.3) is 0 Å². The van der Waals surface area contributed by atoms with Crippen molar-refractivity contribution in [3.05, 3.63) is 243 Å². The molecule has 0 amide bonds. The molecular weight excluding hydrogens is 961 g/mol. The number of allylic oxidation sites excluding steroid dienone is 4. The molecule has 0 bridgehead atoms. The molecule has 0 atom stereocenters. The van der Waals surface area contributed by atoms with Gasteiger partial charge in [-0.15, -0.1) is 0 Å². The molecule has 0 N–H and O–H groups in total. The molecule has 7 rings (SSSR count). The third kappa shape index (κ3) is 14.3. The third-order valence-electron chi connectivity index (χ3n) is 13.0. The molecule has 398 valence electrons. The molecule has 0 aromatic heterocycles. The molecular formula is C67H72N2O8. The van der Waals surface area contributed by atoms with E-state index in [-0.39, 0.29) is 5.41 Å². The van der Waals surface area contributed by atoms with Crippen LogP contribution in [-0.4, -0.2) is 52.9 Å². The van der Waals surface area contributed by atoms with Crippen molar-refractivity contribution in [2.24, 2.45) is 0 Å². The molecule has 1 aliphatic carbocycles. The van der Waals surface area contributed by atoms with E-state index >= 15 is 0 Å². The van der Waals surface area contributed by atoms with Gasteiger partial charge in [0, 0.05) is 39.5 Å². The summed E-state index contributed by atoms with van der Waals surface area (Å²) in [6.45, 7) is 46.1. The molecule has 77 heavy (non-hydrogen) atoms. The fourth-order valence-electron chi connectivity index (χ4n) is 8.44. The minimum atomic E-state index is -0.386. The van der Waals surface area contributed by atoms with Gasteiger partial charge >= 0.3 is 0 Å². The Balaban J connectivity index is 1.18. The van der Waals surface area contributed by atoms with Gasteiger partial charge in [0.1, 0.15) is 98.9 Å². The number of anilines is 6. The molecule has 0 fully saturated rings. The smallest absolute Gasteiger partial charge is 0.122 e. The normalized spacial score (nSPS) is 11.7. The summed E-state index contributed by atoms with van der Waals surface area (Å²) in [6, 6.07) is 45.9. The minimum Gasteiger partial charge on any atom is -0.490 e. The highest BCUT2D eigenvalue weighted by Crippen LogP contribution is 2.52. The van der Waals surface area contributed by atoms with Crippen LogP contribution in [0.2, 0.25) is 0 Å². The molecule has 6 aromatic rings. The summed E-state index contributed by atoms with van der Waals surface area (Å²) in [5, 5.41) is 0. The lowest BCUT2D eigenvalue weighted by molar-refractivity contribution is 0.162. The predicted molar refractivity (Wildman–Crippen MR) is 315 cm³/mol. The second kappa shape index (κ2) is 25.7. The maximum Gasteiger partial charge on any atom is 0.122 e. The molecule has 6 aromatic carbocycles. The minimum absolute atomic E-state index is 0.358. The van der Waals surface area contributed by atoms with Gasteiger partial charge in [0.2, 0.25) is 0 Å². The van der Waals surface area contributed by atoms with Crippen molar-refractivity contribution in [1.82, 2.24) is 0 Å². The molecule has 10 nitrogen and oxygen atoms in total. The Bertz CT molecular complexity index is 2770. The van der Waals surface area contributed by atoms with E-state index < -0.39 is 0 Å². The fraction of sp³-hybridized carbons (Fsp3) is 0.224. The Morgan fingerprint density at radius 1 is 0.325 bits per heavy atom. The summed E-state index contributed by atoms with van der Waals surface area (Å²) < 4.78 is 47.0. The van der Waals surface area contributed by atoms with E-state index in [1.54, 1.807) is 0 Å². The van der Waals surface area contributed by atoms with Crippen LogP contribution >= 0.6 is 0 Å². The molecule has 0 spiro atoms. The standard InChI is InChI=1S/C67H72N2O8/c1-45(2)49(9)70-35-39-74-59-25-15-53(16-26-59)68(54-17-27-60(28-18-54)75-40-36-71-50(10)46(3)4)57-23-33-63-64-34-24-58(44-66(64)67(13,14)65(63)43-57)69(55-19-29-61(30-20-55)76-41-37-72-51(11)47(5)6)56-21-31-62(32-22-56)77-42-38-73-52(12)48(7)8/h15-34,43-44H,1,3,5,7,9-12,35-42H2,2,4,6,8,13-14H3. The zero-order chi connectivity index (χ0) is 55.2. The van der Waals surface area contributed by atoms with Crippen LogP contribution in [0.15, 0.2) is 231 Å². The Hall–Kier alpha value is -8.76. The molecule has 0 radical (unpaired) electrons. The van der Waals surface area contributed by atoms with Gasteiger partial charge < -0.3 is 47.7 Å². The first-order valence-electron chi connectivity index (χ1n) is 25.6. The van der Waals surface area contributed by atoms with E-state index in [1.165, 1.54) is 22.3 Å². The van der Waals surface area contributed by atoms with Crippen LogP contribution < -0.4 is 28.7 Å². The zero-order valence-corrected chi connectivity index (χ0v) is 45.7. The van der Waals surface area contributed by atoms with Crippen molar-refractivity contribution < 1.29 is 37.9 Å². The van der Waals surface area contributed by atoms with Crippen LogP contribution in [0, 0.1) is 0 Å². The lowest BCUT2D eigenvalue weighted by Gasteiger charge is -2.29. The molecule has 1 aliphatic rings. The molecule has 10 heteroatoms. The summed E-state index contributed by atoms with van der Waals surface area (Å²) in [5.41, 5.74) is 13.3. The molecule has 0 unspecified atom stereocenters. The van der Waals surface area contributed by atoms with E-state index in [0.29, 0.717) is 75.9 Å². The Kier molecular flexibility index (Phi) is 18.7. The Labute approximate surface area is 456 Å². The van der Waals surface area contributed by atoms with Gasteiger partial charge in [0.05, 0.1) is 0 Å². The molecule has 0 saturated carbocycles. The van der Waals surface area contributed by atoms with Crippen molar-refractivity contribution in [3.8, 4) is 34.1 Å². The van der Waals surface area contributed by atoms with Crippen molar-refractivity contribution in [2.45, 2.75) is 47.0 Å². The third-order valence-corrected chi connectivity index (χ3v) is 13.0. The predicted octanol–water partition coefficient (Wildman–Crippen LogP) is 16.9. The lowest BCUT2D eigenvalue weighted by atomic mass is 9.82. The van der Waals surface area contributed by atoms with Gasteiger partial charge in [-0.3, -0.25) is 0 Å². The second-order valence-corrected chi connectivity index (χ2v) is 19.3. The van der Waals surface area contributed by atoms with E-state index in [9.17, 15) is 0 Å². The number of rotatable bonds is 30. The summed E-state index contributed by atoms with van der Waals surface area (Å²) in [4.78, 5) is 4.50. The number of nitrogens with zero attached hydrogens (tertiary/aromatic N) is 2. The van der Waals surface area contributed by atoms with Gasteiger partial charge in [-0.05, 0) is 194 Å². The van der Waals surface area contributed by atoms with E-state index in [4.69, 9.17) is 37.9 Å². The van der Waals surface area contributed by atoms with Gasteiger partial charge in [-0.1, -0.05) is 78.6 Å². The van der Waals surface area contributed by atoms with Gasteiger partial charge in [-0.2, -0.15) is 0 Å². The maximum atomic E-state index is 6.07. The van der Waals surface area contributed by atoms with Crippen LogP contribution in [0.3, 0.4) is 0 Å². The van der Waals surface area contributed by atoms with Gasteiger partial charge in [0.15, 0.2) is 0 Å². The van der Waals surface area contributed by atoms with E-state index in [1.807, 2.05) is 76.2 Å². The molecule has 0 saturated heterocycles. The number of ether oxygens (including phenoxy) is 8. The van der Waals surface area contributed by atoms with Crippen molar-refractivity contribution in [3.63, 3.8) is 0 Å². The summed E-state index contributed by atoms with van der Waals surface area (Å²) in [7, 11) is 0. The van der Waals surface area contributed by atoms with Gasteiger partial charge in [-0.25, -0.2) is 0 Å². The quantitative estimate of drug-likeness (QED) is 0.0247. The lowest BCUT2D eigenvalue weighted by Crippen LogP contribution is -2.17. The van der Waals surface area contributed by atoms with Crippen LogP contribution in [0.4, 0.5) is 34.1 Å². The van der Waals surface area contributed by atoms with E-state index in [2.05, 4.69) is 161 Å². The maximum absolute atomic E-state index is 6.07. The number of hydrogen-bond acceptors (Lipinski definition) is 10.